The van der Waals surface area contributed by atoms with E-state index in [1.54, 1.807) is 0 Å². The number of rotatable bonds is 6. The largest absolute Gasteiger partial charge is 0.477 e. The number of nitrogens with zero attached hydrogens (tertiary/aromatic N) is 2. The van der Waals surface area contributed by atoms with Gasteiger partial charge in [-0.25, -0.2) is 9.59 Å². The molecule has 0 aromatic carbocycles. The first-order valence-corrected chi connectivity index (χ1v) is 7.89. The van der Waals surface area contributed by atoms with Gasteiger partial charge in [0.25, 0.3) is 0 Å². The molecule has 1 unspecified atom stereocenters. The maximum absolute atomic E-state index is 11.9. The Bertz CT molecular complexity index is 588. The van der Waals surface area contributed by atoms with Crippen LogP contribution < -0.4 is 5.73 Å². The first-order valence-electron chi connectivity index (χ1n) is 6.90. The monoisotopic (exact) mass is 343 g/mol. The van der Waals surface area contributed by atoms with Crippen LogP contribution in [0.2, 0.25) is 0 Å². The summed E-state index contributed by atoms with van der Waals surface area (Å²) in [5, 5.41) is 19.2. The summed E-state index contributed by atoms with van der Waals surface area (Å²) >= 11 is 1.23. The number of aliphatic hydroxyl groups is 1. The number of cyclic esters (lactones) is 2. The van der Waals surface area contributed by atoms with E-state index in [1.807, 2.05) is 0 Å². The van der Waals surface area contributed by atoms with E-state index in [9.17, 15) is 24.6 Å². The number of aliphatic hydroxyl groups excluding tert-OH is 1. The fourth-order valence-corrected chi connectivity index (χ4v) is 3.77. The van der Waals surface area contributed by atoms with Crippen LogP contribution in [-0.4, -0.2) is 63.9 Å². The molecule has 0 saturated carbocycles. The van der Waals surface area contributed by atoms with E-state index in [0.717, 1.165) is 11.2 Å². The predicted molar refractivity (Wildman–Crippen MR) is 81.6 cm³/mol. The standard InChI is InChI=1S/C13H17N3O6S/c1-6(17)9-7-4-8(23-3-2-15-5-14)10(11(18)19)16(7)13(21)22-12(9)20/h5-7,9,17H,2-4H2,1H3,(H2,14,15)(H,18,19)/t6-,7-,9?/m1/s1. The number of thioether (sulfide) groups is 1. The molecule has 1 amide bonds. The summed E-state index contributed by atoms with van der Waals surface area (Å²) in [6.45, 7) is 1.80. The molecule has 1 saturated heterocycles. The number of esters is 1. The van der Waals surface area contributed by atoms with Gasteiger partial charge in [-0.2, -0.15) is 0 Å². The number of carboxylic acid groups (broad SMARTS) is 1. The third-order valence-corrected chi connectivity index (χ3v) is 4.72. The van der Waals surface area contributed by atoms with Crippen LogP contribution in [0.25, 0.3) is 0 Å². The van der Waals surface area contributed by atoms with Crippen LogP contribution in [0.5, 0.6) is 0 Å². The molecule has 0 spiro atoms. The van der Waals surface area contributed by atoms with Gasteiger partial charge in [0.2, 0.25) is 0 Å². The summed E-state index contributed by atoms with van der Waals surface area (Å²) in [5.74, 6) is -2.63. The number of aliphatic carboxylic acids is 1. The second-order valence-corrected chi connectivity index (χ2v) is 6.27. The fraction of sp³-hybridized carbons (Fsp3) is 0.538. The van der Waals surface area contributed by atoms with Gasteiger partial charge >= 0.3 is 18.0 Å². The van der Waals surface area contributed by atoms with E-state index < -0.39 is 36.1 Å². The van der Waals surface area contributed by atoms with Crippen molar-refractivity contribution in [3.05, 3.63) is 10.6 Å². The lowest BCUT2D eigenvalue weighted by molar-refractivity contribution is -0.155. The van der Waals surface area contributed by atoms with Crippen molar-refractivity contribution in [2.75, 3.05) is 12.3 Å². The van der Waals surface area contributed by atoms with Gasteiger partial charge in [0.15, 0.2) is 0 Å². The Hall–Kier alpha value is -2.07. The Balaban J connectivity index is 2.28. The average Bonchev–Trinajstić information content (AvgIpc) is 2.82. The Kier molecular flexibility index (Phi) is 5.26. The number of hydrogen-bond acceptors (Lipinski definition) is 7. The van der Waals surface area contributed by atoms with E-state index in [1.165, 1.54) is 18.7 Å². The lowest BCUT2D eigenvalue weighted by Gasteiger charge is -2.35. The molecule has 0 bridgehead atoms. The van der Waals surface area contributed by atoms with Crippen LogP contribution >= 0.6 is 11.8 Å². The minimum absolute atomic E-state index is 0.176. The molecule has 2 rings (SSSR count). The smallest absolute Gasteiger partial charge is 0.422 e. The lowest BCUT2D eigenvalue weighted by Crippen LogP contribution is -2.54. The normalized spacial score (nSPS) is 25.7. The fourth-order valence-electron chi connectivity index (χ4n) is 2.72. The summed E-state index contributed by atoms with van der Waals surface area (Å²) in [7, 11) is 0. The van der Waals surface area contributed by atoms with Crippen LogP contribution in [0.15, 0.2) is 15.6 Å². The number of carbonyl (C=O) groups is 3. The van der Waals surface area contributed by atoms with Gasteiger partial charge in [-0.1, -0.05) is 0 Å². The maximum atomic E-state index is 11.9. The molecule has 0 aromatic heterocycles. The number of hydrogen-bond donors (Lipinski definition) is 3. The summed E-state index contributed by atoms with van der Waals surface area (Å²) in [6.07, 6.45) is -0.756. The molecular formula is C13H17N3O6S. The predicted octanol–water partition coefficient (Wildman–Crippen LogP) is -0.249. The van der Waals surface area contributed by atoms with E-state index in [-0.39, 0.29) is 12.1 Å². The number of aliphatic imine (C=N–C) groups is 1. The van der Waals surface area contributed by atoms with Crippen LogP contribution in [0, 0.1) is 5.92 Å². The first-order chi connectivity index (χ1) is 10.9. The van der Waals surface area contributed by atoms with E-state index >= 15 is 0 Å². The average molecular weight is 343 g/mol. The number of fused-ring (bicyclic) bond motifs is 1. The highest BCUT2D eigenvalue weighted by atomic mass is 32.2. The molecule has 10 heteroatoms. The number of carbonyl (C=O) groups excluding carboxylic acids is 2. The first kappa shape index (κ1) is 17.3. The summed E-state index contributed by atoms with van der Waals surface area (Å²) in [4.78, 5) is 40.6. The highest BCUT2D eigenvalue weighted by molar-refractivity contribution is 8.03. The number of amides is 1. The van der Waals surface area contributed by atoms with Crippen molar-refractivity contribution in [3.8, 4) is 0 Å². The molecule has 1 fully saturated rings. The molecule has 0 aliphatic carbocycles. The lowest BCUT2D eigenvalue weighted by atomic mass is 9.91. The summed E-state index contributed by atoms with van der Waals surface area (Å²) in [5.41, 5.74) is 4.93. The van der Waals surface area contributed by atoms with E-state index in [2.05, 4.69) is 9.73 Å². The molecule has 9 nitrogen and oxygen atoms in total. The summed E-state index contributed by atoms with van der Waals surface area (Å²) in [6, 6.07) is -0.754. The van der Waals surface area contributed by atoms with Gasteiger partial charge in [0, 0.05) is 17.1 Å². The highest BCUT2D eigenvalue weighted by Crippen LogP contribution is 2.42. The number of carboxylic acids is 1. The minimum atomic E-state index is -1.28. The third-order valence-electron chi connectivity index (χ3n) is 3.63. The van der Waals surface area contributed by atoms with Crippen molar-refractivity contribution in [2.45, 2.75) is 25.5 Å². The van der Waals surface area contributed by atoms with E-state index in [4.69, 9.17) is 5.73 Å². The van der Waals surface area contributed by atoms with Crippen LogP contribution in [0.1, 0.15) is 13.3 Å². The zero-order chi connectivity index (χ0) is 17.1. The molecule has 23 heavy (non-hydrogen) atoms. The van der Waals surface area contributed by atoms with Gasteiger partial charge in [0.05, 0.1) is 25.0 Å². The van der Waals surface area contributed by atoms with E-state index in [0.29, 0.717) is 17.2 Å². The molecule has 4 N–H and O–H groups in total. The molecule has 0 radical (unpaired) electrons. The van der Waals surface area contributed by atoms with Crippen molar-refractivity contribution in [1.29, 1.82) is 0 Å². The zero-order valence-electron chi connectivity index (χ0n) is 12.3. The Morgan fingerprint density at radius 1 is 1.61 bits per heavy atom. The molecule has 3 atom stereocenters. The molecule has 126 valence electrons. The molecule has 2 aliphatic heterocycles. The summed E-state index contributed by atoms with van der Waals surface area (Å²) < 4.78 is 4.59. The highest BCUT2D eigenvalue weighted by Gasteiger charge is 2.52. The molecule has 2 heterocycles. The Labute approximate surface area is 136 Å². The quantitative estimate of drug-likeness (QED) is 0.197. The van der Waals surface area contributed by atoms with Crippen LogP contribution in [0.3, 0.4) is 0 Å². The molecule has 0 aromatic rings. The SMILES string of the molecule is C[C@@H](O)C1C(=O)OC(=O)N2C(C(=O)O)=C(SCCN=CN)C[C@H]12. The molecular weight excluding hydrogens is 326 g/mol. The van der Waals surface area contributed by atoms with Gasteiger partial charge in [-0.05, 0) is 6.92 Å². The minimum Gasteiger partial charge on any atom is -0.477 e. The number of nitrogens with two attached hydrogens (primary N) is 1. The van der Waals surface area contributed by atoms with Crippen molar-refractivity contribution < 1.29 is 29.3 Å². The molecule has 2 aliphatic rings. The van der Waals surface area contributed by atoms with Crippen molar-refractivity contribution in [1.82, 2.24) is 4.90 Å². The topological polar surface area (TPSA) is 143 Å². The number of ether oxygens (including phenoxy) is 1. The van der Waals surface area contributed by atoms with Crippen molar-refractivity contribution >= 4 is 36.1 Å². The van der Waals surface area contributed by atoms with Crippen molar-refractivity contribution in [3.63, 3.8) is 0 Å². The zero-order valence-corrected chi connectivity index (χ0v) is 13.2. The second kappa shape index (κ2) is 7.01. The Morgan fingerprint density at radius 2 is 2.30 bits per heavy atom. The van der Waals surface area contributed by atoms with Gasteiger partial charge in [-0.15, -0.1) is 11.8 Å². The maximum Gasteiger partial charge on any atom is 0.422 e. The second-order valence-electron chi connectivity index (χ2n) is 5.08. The van der Waals surface area contributed by atoms with Crippen LogP contribution in [0.4, 0.5) is 4.79 Å². The third kappa shape index (κ3) is 3.32. The van der Waals surface area contributed by atoms with Gasteiger partial charge < -0.3 is 20.7 Å². The van der Waals surface area contributed by atoms with Gasteiger partial charge in [0.1, 0.15) is 11.6 Å². The van der Waals surface area contributed by atoms with Crippen molar-refractivity contribution in [2.24, 2.45) is 16.6 Å². The van der Waals surface area contributed by atoms with Crippen LogP contribution in [-0.2, 0) is 14.3 Å². The Morgan fingerprint density at radius 3 is 2.87 bits per heavy atom. The van der Waals surface area contributed by atoms with Gasteiger partial charge in [-0.3, -0.25) is 14.7 Å².